The van der Waals surface area contributed by atoms with Crippen LogP contribution in [0, 0.1) is 11.8 Å². The molecule has 30 heavy (non-hydrogen) atoms. The molecule has 0 aliphatic carbocycles. The van der Waals surface area contributed by atoms with Crippen molar-refractivity contribution in [1.29, 1.82) is 0 Å². The van der Waals surface area contributed by atoms with Gasteiger partial charge in [-0.05, 0) is 29.8 Å². The van der Waals surface area contributed by atoms with Crippen LogP contribution in [0.5, 0.6) is 11.5 Å². The fourth-order valence-corrected chi connectivity index (χ4v) is 5.02. The van der Waals surface area contributed by atoms with Gasteiger partial charge in [-0.3, -0.25) is 9.59 Å². The van der Waals surface area contributed by atoms with Crippen LogP contribution in [0.3, 0.4) is 0 Å². The standard InChI is InChI=1S/C23H20N2O5/c26-21(24-15-4-2-1-3-5-15)19-17-8-9-23(30-17)12-25(22(27)20(19)23)11-14-6-7-16-18(10-14)29-13-28-16/h1-10,17,19-20H,11-13H2,(H,24,26)/t17-,19-,20-,23+/m1/s1. The van der Waals surface area contributed by atoms with Crippen LogP contribution in [0.4, 0.5) is 5.69 Å². The van der Waals surface area contributed by atoms with Gasteiger partial charge in [-0.25, -0.2) is 0 Å². The van der Waals surface area contributed by atoms with Crippen molar-refractivity contribution < 1.29 is 23.8 Å². The zero-order valence-corrected chi connectivity index (χ0v) is 16.1. The highest BCUT2D eigenvalue weighted by Gasteiger charge is 2.66. The van der Waals surface area contributed by atoms with Gasteiger partial charge < -0.3 is 24.4 Å². The first-order valence-corrected chi connectivity index (χ1v) is 10.0. The molecule has 2 saturated heterocycles. The number of amides is 2. The monoisotopic (exact) mass is 404 g/mol. The van der Waals surface area contributed by atoms with Crippen LogP contribution in [0.15, 0.2) is 60.7 Å². The summed E-state index contributed by atoms with van der Waals surface area (Å²) in [7, 11) is 0. The summed E-state index contributed by atoms with van der Waals surface area (Å²) in [4.78, 5) is 28.2. The largest absolute Gasteiger partial charge is 0.454 e. The molecule has 6 rings (SSSR count). The third kappa shape index (κ3) is 2.55. The Morgan fingerprint density at radius 1 is 1.13 bits per heavy atom. The quantitative estimate of drug-likeness (QED) is 0.792. The highest BCUT2D eigenvalue weighted by Crippen LogP contribution is 2.52. The Morgan fingerprint density at radius 2 is 1.97 bits per heavy atom. The fraction of sp³-hybridized carbons (Fsp3) is 0.304. The molecule has 2 aromatic carbocycles. The third-order valence-corrected chi connectivity index (χ3v) is 6.33. The molecule has 2 fully saturated rings. The SMILES string of the molecule is O=C(Nc1ccccc1)[C@@H]1[C@H]2C=C[C@@]3(CN(Cc4ccc5c(c4)OCO5)C(=O)[C@@H]13)O2. The first kappa shape index (κ1) is 17.5. The maximum absolute atomic E-state index is 13.4. The van der Waals surface area contributed by atoms with Crippen molar-refractivity contribution >= 4 is 17.5 Å². The molecule has 2 aromatic rings. The Labute approximate surface area is 173 Å². The molecule has 4 aliphatic rings. The van der Waals surface area contributed by atoms with Crippen LogP contribution in [-0.4, -0.2) is 41.8 Å². The minimum Gasteiger partial charge on any atom is -0.454 e. The summed E-state index contributed by atoms with van der Waals surface area (Å²) < 4.78 is 17.0. The van der Waals surface area contributed by atoms with Crippen LogP contribution in [0.2, 0.25) is 0 Å². The molecule has 0 saturated carbocycles. The summed E-state index contributed by atoms with van der Waals surface area (Å²) in [6, 6.07) is 15.0. The summed E-state index contributed by atoms with van der Waals surface area (Å²) in [5.41, 5.74) is 0.940. The number of hydrogen-bond donors (Lipinski definition) is 1. The van der Waals surface area contributed by atoms with E-state index in [1.807, 2.05) is 60.7 Å². The maximum atomic E-state index is 13.4. The van der Waals surface area contributed by atoms with Gasteiger partial charge in [0, 0.05) is 12.2 Å². The number of para-hydroxylation sites is 1. The molecule has 7 heteroatoms. The average Bonchev–Trinajstić information content (AvgIpc) is 3.50. The number of nitrogens with one attached hydrogen (secondary N) is 1. The van der Waals surface area contributed by atoms with Crippen LogP contribution in [0.1, 0.15) is 5.56 Å². The van der Waals surface area contributed by atoms with E-state index in [2.05, 4.69) is 5.32 Å². The molecule has 4 heterocycles. The predicted molar refractivity (Wildman–Crippen MR) is 107 cm³/mol. The minimum absolute atomic E-state index is 0.0484. The lowest BCUT2D eigenvalue weighted by atomic mass is 9.77. The average molecular weight is 404 g/mol. The van der Waals surface area contributed by atoms with Crippen molar-refractivity contribution in [2.24, 2.45) is 11.8 Å². The molecule has 2 bridgehead atoms. The van der Waals surface area contributed by atoms with Gasteiger partial charge in [0.05, 0.1) is 24.5 Å². The van der Waals surface area contributed by atoms with E-state index in [1.54, 1.807) is 4.90 Å². The first-order valence-electron chi connectivity index (χ1n) is 10.0. The Hall–Kier alpha value is -3.32. The number of carbonyl (C=O) groups excluding carboxylic acids is 2. The number of hydrogen-bond acceptors (Lipinski definition) is 5. The van der Waals surface area contributed by atoms with E-state index in [0.29, 0.717) is 30.3 Å². The van der Waals surface area contributed by atoms with Crippen LogP contribution < -0.4 is 14.8 Å². The van der Waals surface area contributed by atoms with Crippen molar-refractivity contribution in [1.82, 2.24) is 4.90 Å². The number of nitrogens with zero attached hydrogens (tertiary/aromatic N) is 1. The van der Waals surface area contributed by atoms with Gasteiger partial charge in [0.2, 0.25) is 18.6 Å². The van der Waals surface area contributed by atoms with E-state index in [4.69, 9.17) is 14.2 Å². The number of fused-ring (bicyclic) bond motifs is 2. The molecule has 0 radical (unpaired) electrons. The fourth-order valence-electron chi connectivity index (χ4n) is 5.02. The van der Waals surface area contributed by atoms with E-state index in [-0.39, 0.29) is 24.7 Å². The van der Waals surface area contributed by atoms with E-state index < -0.39 is 17.4 Å². The third-order valence-electron chi connectivity index (χ3n) is 6.33. The molecule has 0 unspecified atom stereocenters. The lowest BCUT2D eigenvalue weighted by Gasteiger charge is -2.23. The molecular weight excluding hydrogens is 384 g/mol. The van der Waals surface area contributed by atoms with Gasteiger partial charge in [0.1, 0.15) is 5.60 Å². The van der Waals surface area contributed by atoms with E-state index in [9.17, 15) is 9.59 Å². The van der Waals surface area contributed by atoms with Crippen LogP contribution in [-0.2, 0) is 20.9 Å². The Morgan fingerprint density at radius 3 is 2.83 bits per heavy atom. The van der Waals surface area contributed by atoms with Crippen LogP contribution >= 0.6 is 0 Å². The van der Waals surface area contributed by atoms with Crippen LogP contribution in [0.25, 0.3) is 0 Å². The van der Waals surface area contributed by atoms with Crippen molar-refractivity contribution in [3.05, 3.63) is 66.2 Å². The number of carbonyl (C=O) groups is 2. The molecular formula is C23H20N2O5. The lowest BCUT2D eigenvalue weighted by molar-refractivity contribution is -0.136. The van der Waals surface area contributed by atoms with E-state index in [0.717, 1.165) is 5.56 Å². The lowest BCUT2D eigenvalue weighted by Crippen LogP contribution is -2.41. The second-order valence-corrected chi connectivity index (χ2v) is 8.14. The second-order valence-electron chi connectivity index (χ2n) is 8.14. The highest BCUT2D eigenvalue weighted by molar-refractivity contribution is 5.99. The van der Waals surface area contributed by atoms with Gasteiger partial charge >= 0.3 is 0 Å². The number of likely N-dealkylation sites (tertiary alicyclic amines) is 1. The predicted octanol–water partition coefficient (Wildman–Crippen LogP) is 2.34. The Bertz CT molecular complexity index is 1070. The van der Waals surface area contributed by atoms with E-state index in [1.165, 1.54) is 0 Å². The summed E-state index contributed by atoms with van der Waals surface area (Å²) >= 11 is 0. The van der Waals surface area contributed by atoms with Gasteiger partial charge in [-0.15, -0.1) is 0 Å². The summed E-state index contributed by atoms with van der Waals surface area (Å²) in [5.74, 6) is 0.127. The van der Waals surface area contributed by atoms with Gasteiger partial charge in [0.25, 0.3) is 0 Å². The molecule has 2 amide bonds. The number of benzene rings is 2. The second kappa shape index (κ2) is 6.34. The molecule has 7 nitrogen and oxygen atoms in total. The van der Waals surface area contributed by atoms with Crippen molar-refractivity contribution in [2.45, 2.75) is 18.2 Å². The topological polar surface area (TPSA) is 77.1 Å². The number of rotatable bonds is 4. The van der Waals surface area contributed by atoms with Crippen molar-refractivity contribution in [2.75, 3.05) is 18.7 Å². The minimum atomic E-state index is -0.725. The zero-order valence-electron chi connectivity index (χ0n) is 16.1. The molecule has 0 aromatic heterocycles. The molecule has 1 N–H and O–H groups in total. The van der Waals surface area contributed by atoms with Gasteiger partial charge in [-0.1, -0.05) is 36.4 Å². The summed E-state index contributed by atoms with van der Waals surface area (Å²) in [6.45, 7) is 1.08. The maximum Gasteiger partial charge on any atom is 0.231 e. The zero-order chi connectivity index (χ0) is 20.3. The van der Waals surface area contributed by atoms with Gasteiger partial charge in [-0.2, -0.15) is 0 Å². The molecule has 152 valence electrons. The molecule has 1 spiro atoms. The normalized spacial score (nSPS) is 30.1. The van der Waals surface area contributed by atoms with Gasteiger partial charge in [0.15, 0.2) is 11.5 Å². The summed E-state index contributed by atoms with van der Waals surface area (Å²) in [6.07, 6.45) is 3.52. The Kier molecular flexibility index (Phi) is 3.70. The highest BCUT2D eigenvalue weighted by atomic mass is 16.7. The molecule has 4 aliphatic heterocycles. The summed E-state index contributed by atoms with van der Waals surface area (Å²) in [5, 5.41) is 2.94. The first-order chi connectivity index (χ1) is 14.6. The van der Waals surface area contributed by atoms with E-state index >= 15 is 0 Å². The Balaban J connectivity index is 1.24. The van der Waals surface area contributed by atoms with Crippen molar-refractivity contribution in [3.8, 4) is 11.5 Å². The smallest absolute Gasteiger partial charge is 0.231 e. The number of ether oxygens (including phenoxy) is 3. The van der Waals surface area contributed by atoms with Crippen molar-refractivity contribution in [3.63, 3.8) is 0 Å². The molecule has 4 atom stereocenters. The number of anilines is 1.